The summed E-state index contributed by atoms with van der Waals surface area (Å²) in [5.41, 5.74) is 2.51. The Hall–Kier alpha value is -1.34. The number of methoxy groups -OCH3 is 1. The molecule has 19 heavy (non-hydrogen) atoms. The maximum absolute atomic E-state index is 11.4. The fraction of sp³-hybridized carbons (Fsp3) is 0.833. The molecule has 1 rings (SSSR count). The quantitative estimate of drug-likeness (QED) is 0.149. The van der Waals surface area contributed by atoms with Crippen molar-refractivity contribution in [3.8, 4) is 0 Å². The summed E-state index contributed by atoms with van der Waals surface area (Å²) in [6, 6.07) is 0.430. The number of rotatable bonds is 9. The van der Waals surface area contributed by atoms with Crippen molar-refractivity contribution in [1.82, 2.24) is 16.1 Å². The number of nitrogens with two attached hydrogens (primary N) is 1. The molecule has 0 radical (unpaired) electrons. The van der Waals surface area contributed by atoms with Gasteiger partial charge in [0.05, 0.1) is 0 Å². The van der Waals surface area contributed by atoms with Crippen LogP contribution in [0.4, 0.5) is 0 Å². The normalized spacial score (nSPS) is 15.2. The molecule has 110 valence electrons. The van der Waals surface area contributed by atoms with E-state index in [1.165, 1.54) is 0 Å². The molecule has 5 N–H and O–H groups in total. The zero-order chi connectivity index (χ0) is 13.9. The van der Waals surface area contributed by atoms with Gasteiger partial charge in [-0.3, -0.25) is 15.2 Å². The van der Waals surface area contributed by atoms with Crippen molar-refractivity contribution in [3.05, 3.63) is 0 Å². The molecule has 0 saturated heterocycles. The highest BCUT2D eigenvalue weighted by atomic mass is 16.5. The highest BCUT2D eigenvalue weighted by Crippen LogP contribution is 2.18. The maximum atomic E-state index is 11.4. The van der Waals surface area contributed by atoms with E-state index in [1.807, 2.05) is 0 Å². The summed E-state index contributed by atoms with van der Waals surface area (Å²) in [5.74, 6) is 6.02. The third kappa shape index (κ3) is 8.39. The molecular formula is C12H25N5O2. The standard InChI is InChI=1S/C12H25N5O2/c1-19-9-3-8-15-12(17-13)14-7-2-4-11(18)16-10-5-6-10/h10H,2-9,13H2,1H3,(H,16,18)(H2,14,15,17). The topological polar surface area (TPSA) is 101 Å². The monoisotopic (exact) mass is 271 g/mol. The number of amides is 1. The SMILES string of the molecule is COCCCNC(=NCCCC(=O)NC1CC1)NN. The molecule has 0 bridgehead atoms. The van der Waals surface area contributed by atoms with E-state index in [2.05, 4.69) is 21.1 Å². The van der Waals surface area contributed by atoms with Gasteiger partial charge in [0.15, 0.2) is 0 Å². The summed E-state index contributed by atoms with van der Waals surface area (Å²) >= 11 is 0. The molecule has 0 unspecified atom stereocenters. The third-order valence-corrected chi connectivity index (χ3v) is 2.73. The van der Waals surface area contributed by atoms with Crippen LogP contribution in [0.3, 0.4) is 0 Å². The highest BCUT2D eigenvalue weighted by molar-refractivity contribution is 5.79. The Balaban J connectivity index is 2.04. The minimum atomic E-state index is 0.119. The first kappa shape index (κ1) is 15.7. The Morgan fingerprint density at radius 2 is 2.21 bits per heavy atom. The first-order valence-electron chi connectivity index (χ1n) is 6.79. The molecule has 0 aromatic carbocycles. The van der Waals surface area contributed by atoms with Gasteiger partial charge < -0.3 is 15.4 Å². The average molecular weight is 271 g/mol. The van der Waals surface area contributed by atoms with Gasteiger partial charge in [-0.15, -0.1) is 0 Å². The molecule has 7 heteroatoms. The molecule has 0 spiro atoms. The molecule has 0 aliphatic heterocycles. The molecular weight excluding hydrogens is 246 g/mol. The van der Waals surface area contributed by atoms with Crippen molar-refractivity contribution in [3.63, 3.8) is 0 Å². The van der Waals surface area contributed by atoms with Crippen LogP contribution in [0.25, 0.3) is 0 Å². The van der Waals surface area contributed by atoms with Crippen molar-refractivity contribution in [2.24, 2.45) is 10.8 Å². The van der Waals surface area contributed by atoms with E-state index in [0.29, 0.717) is 31.6 Å². The van der Waals surface area contributed by atoms with Crippen LogP contribution in [-0.4, -0.2) is 44.7 Å². The molecule has 0 aromatic rings. The van der Waals surface area contributed by atoms with Gasteiger partial charge in [0.1, 0.15) is 0 Å². The smallest absolute Gasteiger partial charge is 0.220 e. The number of carbonyl (C=O) groups is 1. The van der Waals surface area contributed by atoms with Crippen LogP contribution in [0, 0.1) is 0 Å². The Kier molecular flexibility index (Phi) is 7.92. The van der Waals surface area contributed by atoms with Crippen molar-refractivity contribution in [2.75, 3.05) is 26.8 Å². The predicted molar refractivity (Wildman–Crippen MR) is 74.5 cm³/mol. The predicted octanol–water partition coefficient (Wildman–Crippen LogP) is -0.509. The van der Waals surface area contributed by atoms with Crippen molar-refractivity contribution < 1.29 is 9.53 Å². The van der Waals surface area contributed by atoms with E-state index >= 15 is 0 Å². The second kappa shape index (κ2) is 9.57. The fourth-order valence-electron chi connectivity index (χ4n) is 1.53. The molecule has 1 aliphatic carbocycles. The van der Waals surface area contributed by atoms with Crippen molar-refractivity contribution in [2.45, 2.75) is 38.1 Å². The highest BCUT2D eigenvalue weighted by Gasteiger charge is 2.22. The van der Waals surface area contributed by atoms with Crippen LogP contribution < -0.4 is 21.9 Å². The van der Waals surface area contributed by atoms with Crippen LogP contribution in [-0.2, 0) is 9.53 Å². The number of aliphatic imine (C=N–C) groups is 1. The van der Waals surface area contributed by atoms with Crippen LogP contribution >= 0.6 is 0 Å². The van der Waals surface area contributed by atoms with Gasteiger partial charge in [-0.2, -0.15) is 0 Å². The first-order chi connectivity index (χ1) is 9.26. The zero-order valence-corrected chi connectivity index (χ0v) is 11.6. The van der Waals surface area contributed by atoms with Crippen molar-refractivity contribution in [1.29, 1.82) is 0 Å². The van der Waals surface area contributed by atoms with Crippen LogP contribution in [0.2, 0.25) is 0 Å². The average Bonchev–Trinajstić information content (AvgIpc) is 3.20. The summed E-state index contributed by atoms with van der Waals surface area (Å²) in [4.78, 5) is 15.7. The number of guanidine groups is 1. The van der Waals surface area contributed by atoms with E-state index in [4.69, 9.17) is 10.6 Å². The number of hydrazine groups is 1. The number of carbonyl (C=O) groups excluding carboxylic acids is 1. The Labute approximate surface area is 114 Å². The van der Waals surface area contributed by atoms with E-state index in [9.17, 15) is 4.79 Å². The van der Waals surface area contributed by atoms with Gasteiger partial charge >= 0.3 is 0 Å². The van der Waals surface area contributed by atoms with E-state index in [-0.39, 0.29) is 5.91 Å². The van der Waals surface area contributed by atoms with Crippen LogP contribution in [0.1, 0.15) is 32.1 Å². The Morgan fingerprint density at radius 3 is 2.84 bits per heavy atom. The summed E-state index contributed by atoms with van der Waals surface area (Å²) in [6.45, 7) is 2.03. The molecule has 1 amide bonds. The van der Waals surface area contributed by atoms with Gasteiger partial charge in [-0.05, 0) is 25.7 Å². The largest absolute Gasteiger partial charge is 0.385 e. The lowest BCUT2D eigenvalue weighted by molar-refractivity contribution is -0.121. The van der Waals surface area contributed by atoms with Gasteiger partial charge in [0.25, 0.3) is 0 Å². The number of nitrogens with one attached hydrogen (secondary N) is 3. The molecule has 7 nitrogen and oxygen atoms in total. The minimum absolute atomic E-state index is 0.119. The van der Waals surface area contributed by atoms with Crippen molar-refractivity contribution >= 4 is 11.9 Å². The number of ether oxygens (including phenoxy) is 1. The molecule has 0 aromatic heterocycles. The molecule has 1 fully saturated rings. The second-order valence-corrected chi connectivity index (χ2v) is 4.59. The summed E-state index contributed by atoms with van der Waals surface area (Å²) < 4.78 is 4.94. The van der Waals surface area contributed by atoms with Gasteiger partial charge in [-0.25, -0.2) is 5.84 Å². The van der Waals surface area contributed by atoms with E-state index in [0.717, 1.165) is 32.2 Å². The number of hydrogen-bond donors (Lipinski definition) is 4. The van der Waals surface area contributed by atoms with Gasteiger partial charge in [0.2, 0.25) is 11.9 Å². The van der Waals surface area contributed by atoms with Crippen LogP contribution in [0.5, 0.6) is 0 Å². The van der Waals surface area contributed by atoms with Gasteiger partial charge in [-0.1, -0.05) is 0 Å². The summed E-state index contributed by atoms with van der Waals surface area (Å²) in [5, 5.41) is 6.01. The lowest BCUT2D eigenvalue weighted by Crippen LogP contribution is -2.42. The Bertz CT molecular complexity index is 292. The fourth-order valence-corrected chi connectivity index (χ4v) is 1.53. The molecule has 1 saturated carbocycles. The molecule has 0 atom stereocenters. The minimum Gasteiger partial charge on any atom is -0.385 e. The van der Waals surface area contributed by atoms with E-state index in [1.54, 1.807) is 7.11 Å². The maximum Gasteiger partial charge on any atom is 0.220 e. The second-order valence-electron chi connectivity index (χ2n) is 4.59. The van der Waals surface area contributed by atoms with E-state index < -0.39 is 0 Å². The summed E-state index contributed by atoms with van der Waals surface area (Å²) in [7, 11) is 1.67. The zero-order valence-electron chi connectivity index (χ0n) is 11.6. The Morgan fingerprint density at radius 1 is 1.42 bits per heavy atom. The third-order valence-electron chi connectivity index (χ3n) is 2.73. The lowest BCUT2D eigenvalue weighted by Gasteiger charge is -2.08. The number of hydrogen-bond acceptors (Lipinski definition) is 4. The first-order valence-corrected chi connectivity index (χ1v) is 6.79. The lowest BCUT2D eigenvalue weighted by atomic mass is 10.3. The van der Waals surface area contributed by atoms with Crippen LogP contribution in [0.15, 0.2) is 4.99 Å². The molecule has 1 aliphatic rings. The number of nitrogens with zero attached hydrogens (tertiary/aromatic N) is 1. The molecule has 0 heterocycles. The van der Waals surface area contributed by atoms with Gasteiger partial charge in [0, 0.05) is 39.3 Å². The summed E-state index contributed by atoms with van der Waals surface area (Å²) in [6.07, 6.45) is 4.37.